The molecule has 6 nitrogen and oxygen atoms in total. The summed E-state index contributed by atoms with van der Waals surface area (Å²) >= 11 is 0. The molecule has 0 saturated heterocycles. The summed E-state index contributed by atoms with van der Waals surface area (Å²) in [5.41, 5.74) is 0.304. The van der Waals surface area contributed by atoms with Crippen molar-refractivity contribution in [3.63, 3.8) is 0 Å². The van der Waals surface area contributed by atoms with Crippen molar-refractivity contribution in [2.75, 3.05) is 0 Å². The number of nitrogens with one attached hydrogen (secondary N) is 2. The maximum atomic E-state index is 12.2. The molecule has 4 aliphatic rings. The Hall–Kier alpha value is -1.85. The zero-order valence-corrected chi connectivity index (χ0v) is 13.3. The molecule has 6 rings (SSSR count). The van der Waals surface area contributed by atoms with Crippen LogP contribution in [0.2, 0.25) is 0 Å². The molecule has 2 aromatic heterocycles. The van der Waals surface area contributed by atoms with Crippen LogP contribution in [0, 0.1) is 23.7 Å². The van der Waals surface area contributed by atoms with Gasteiger partial charge in [-0.2, -0.15) is 0 Å². The number of rotatable bonds is 3. The minimum absolute atomic E-state index is 0.344. The fourth-order valence-corrected chi connectivity index (χ4v) is 5.81. The van der Waals surface area contributed by atoms with Gasteiger partial charge in [-0.15, -0.1) is 0 Å². The van der Waals surface area contributed by atoms with Gasteiger partial charge in [0.15, 0.2) is 5.65 Å². The van der Waals surface area contributed by atoms with Crippen LogP contribution in [0.15, 0.2) is 9.59 Å². The molecule has 4 fully saturated rings. The molecule has 2 aromatic rings. The van der Waals surface area contributed by atoms with E-state index in [0.717, 1.165) is 30.0 Å². The van der Waals surface area contributed by atoms with Crippen molar-refractivity contribution in [2.45, 2.75) is 51.5 Å². The van der Waals surface area contributed by atoms with Gasteiger partial charge in [-0.3, -0.25) is 14.3 Å². The van der Waals surface area contributed by atoms with Crippen LogP contribution >= 0.6 is 0 Å². The number of aryl methyl sites for hydroxylation is 1. The lowest BCUT2D eigenvalue weighted by Crippen LogP contribution is -2.30. The molecule has 0 radical (unpaired) electrons. The molecule has 23 heavy (non-hydrogen) atoms. The number of aromatic nitrogens is 4. The number of hydrogen-bond donors (Lipinski definition) is 2. The number of nitrogens with zero attached hydrogens (tertiary/aromatic N) is 2. The Balaban J connectivity index is 1.66. The van der Waals surface area contributed by atoms with E-state index in [9.17, 15) is 9.59 Å². The third kappa shape index (κ3) is 1.78. The summed E-state index contributed by atoms with van der Waals surface area (Å²) in [6.45, 7) is 2.60. The van der Waals surface area contributed by atoms with Crippen molar-refractivity contribution in [3.8, 4) is 0 Å². The van der Waals surface area contributed by atoms with Crippen LogP contribution in [0.4, 0.5) is 0 Å². The Bertz CT molecular complexity index is 888. The van der Waals surface area contributed by atoms with Crippen LogP contribution in [0.1, 0.15) is 50.8 Å². The highest BCUT2D eigenvalue weighted by Crippen LogP contribution is 2.63. The van der Waals surface area contributed by atoms with Crippen LogP contribution in [0.25, 0.3) is 11.2 Å². The second-order valence-corrected chi connectivity index (χ2v) is 7.75. The lowest BCUT2D eigenvalue weighted by Gasteiger charge is -2.30. The molecule has 4 saturated carbocycles. The van der Waals surface area contributed by atoms with Crippen LogP contribution in [0.5, 0.6) is 0 Å². The Morgan fingerprint density at radius 1 is 1.13 bits per heavy atom. The third-order valence-electron chi connectivity index (χ3n) is 6.47. The lowest BCUT2D eigenvalue weighted by atomic mass is 9.75. The van der Waals surface area contributed by atoms with E-state index in [1.54, 1.807) is 4.57 Å². The summed E-state index contributed by atoms with van der Waals surface area (Å²) in [5.74, 6) is 4.61. The van der Waals surface area contributed by atoms with E-state index in [1.807, 2.05) is 6.92 Å². The van der Waals surface area contributed by atoms with Crippen molar-refractivity contribution >= 4 is 11.2 Å². The number of imidazole rings is 1. The SMILES string of the molecule is CCCn1c(=O)[nH]c(=O)c2[nH]c(C3C4CC5CC(C4)C3C5)nc21. The van der Waals surface area contributed by atoms with Crippen molar-refractivity contribution in [2.24, 2.45) is 23.7 Å². The third-order valence-corrected chi connectivity index (χ3v) is 6.47. The summed E-state index contributed by atoms with van der Waals surface area (Å²) in [5, 5.41) is 0. The Kier molecular flexibility index (Phi) is 2.71. The second-order valence-electron chi connectivity index (χ2n) is 7.75. The molecular formula is C17H22N4O2. The molecule has 6 heteroatoms. The van der Waals surface area contributed by atoms with Gasteiger partial charge in [0.2, 0.25) is 0 Å². The Morgan fingerprint density at radius 2 is 1.96 bits per heavy atom. The van der Waals surface area contributed by atoms with E-state index < -0.39 is 0 Å². The molecule has 0 aromatic carbocycles. The normalized spacial score (nSPS) is 34.7. The predicted octanol–water partition coefficient (Wildman–Crippen LogP) is 1.97. The van der Waals surface area contributed by atoms with E-state index in [4.69, 9.17) is 4.98 Å². The van der Waals surface area contributed by atoms with E-state index in [0.29, 0.717) is 29.5 Å². The van der Waals surface area contributed by atoms with Gasteiger partial charge < -0.3 is 4.98 Å². The van der Waals surface area contributed by atoms with Gasteiger partial charge in [0.05, 0.1) is 0 Å². The number of hydrogen-bond acceptors (Lipinski definition) is 3. The summed E-state index contributed by atoms with van der Waals surface area (Å²) in [4.78, 5) is 34.7. The monoisotopic (exact) mass is 314 g/mol. The van der Waals surface area contributed by atoms with Crippen LogP contribution < -0.4 is 11.2 Å². The maximum absolute atomic E-state index is 12.2. The Labute approximate surface area is 133 Å². The molecule has 122 valence electrons. The van der Waals surface area contributed by atoms with Crippen molar-refractivity contribution in [1.29, 1.82) is 0 Å². The highest BCUT2D eigenvalue weighted by atomic mass is 16.2. The van der Waals surface area contributed by atoms with Crippen molar-refractivity contribution < 1.29 is 0 Å². The molecule has 5 atom stereocenters. The molecular weight excluding hydrogens is 292 g/mol. The largest absolute Gasteiger partial charge is 0.336 e. The van der Waals surface area contributed by atoms with Gasteiger partial charge >= 0.3 is 5.69 Å². The van der Waals surface area contributed by atoms with Crippen molar-refractivity contribution in [3.05, 3.63) is 26.7 Å². The van der Waals surface area contributed by atoms with Gasteiger partial charge in [-0.1, -0.05) is 6.92 Å². The molecule has 0 spiro atoms. The fraction of sp³-hybridized carbons (Fsp3) is 0.706. The molecule has 2 heterocycles. The minimum atomic E-state index is -0.351. The number of aromatic amines is 2. The van der Waals surface area contributed by atoms with E-state index in [1.165, 1.54) is 25.7 Å². The van der Waals surface area contributed by atoms with Crippen LogP contribution in [0.3, 0.4) is 0 Å². The fourth-order valence-electron chi connectivity index (χ4n) is 5.81. The molecule has 0 amide bonds. The van der Waals surface area contributed by atoms with Crippen LogP contribution in [-0.2, 0) is 6.54 Å². The van der Waals surface area contributed by atoms with E-state index in [2.05, 4.69) is 9.97 Å². The highest BCUT2D eigenvalue weighted by molar-refractivity contribution is 5.69. The smallest absolute Gasteiger partial charge is 0.330 e. The molecule has 0 aliphatic heterocycles. The zero-order chi connectivity index (χ0) is 15.7. The Morgan fingerprint density at radius 3 is 2.74 bits per heavy atom. The van der Waals surface area contributed by atoms with Gasteiger partial charge in [-0.25, -0.2) is 9.78 Å². The summed E-state index contributed by atoms with van der Waals surface area (Å²) < 4.78 is 1.60. The first-order valence-electron chi connectivity index (χ1n) is 8.88. The topological polar surface area (TPSA) is 83.5 Å². The predicted molar refractivity (Wildman–Crippen MR) is 86.4 cm³/mol. The minimum Gasteiger partial charge on any atom is -0.336 e. The number of fused-ring (bicyclic) bond motifs is 1. The van der Waals surface area contributed by atoms with E-state index >= 15 is 0 Å². The first kappa shape index (κ1) is 13.6. The zero-order valence-electron chi connectivity index (χ0n) is 13.3. The average Bonchev–Trinajstić information content (AvgIpc) is 3.13. The summed E-state index contributed by atoms with van der Waals surface area (Å²) in [6, 6.07) is 0. The average molecular weight is 314 g/mol. The standard InChI is InChI=1S/C17H22N4O2/c1-2-3-21-15-13(16(22)20-17(21)23)18-14(19-15)12-10-5-8-4-9(7-10)11(12)6-8/h8-12H,2-7H2,1H3,(H,18,19)(H,20,22,23). The highest BCUT2D eigenvalue weighted by Gasteiger charge is 2.55. The van der Waals surface area contributed by atoms with Gasteiger partial charge in [-0.05, 0) is 55.8 Å². The van der Waals surface area contributed by atoms with Gasteiger partial charge in [0.25, 0.3) is 5.56 Å². The van der Waals surface area contributed by atoms with Gasteiger partial charge in [0.1, 0.15) is 11.3 Å². The quantitative estimate of drug-likeness (QED) is 0.908. The summed E-state index contributed by atoms with van der Waals surface area (Å²) in [6.07, 6.45) is 6.18. The molecule has 2 N–H and O–H groups in total. The van der Waals surface area contributed by atoms with Gasteiger partial charge in [0, 0.05) is 12.5 Å². The lowest BCUT2D eigenvalue weighted by molar-refractivity contribution is 0.244. The second kappa shape index (κ2) is 4.58. The number of H-pyrrole nitrogens is 2. The first-order chi connectivity index (χ1) is 11.2. The molecule has 4 aliphatic carbocycles. The molecule has 4 bridgehead atoms. The van der Waals surface area contributed by atoms with E-state index in [-0.39, 0.29) is 11.2 Å². The first-order valence-corrected chi connectivity index (χ1v) is 8.88. The summed E-state index contributed by atoms with van der Waals surface area (Å²) in [7, 11) is 0. The van der Waals surface area contributed by atoms with Crippen LogP contribution in [-0.4, -0.2) is 19.5 Å². The molecule has 5 unspecified atom stereocenters. The van der Waals surface area contributed by atoms with Crippen molar-refractivity contribution in [1.82, 2.24) is 19.5 Å². The maximum Gasteiger partial charge on any atom is 0.330 e.